The third kappa shape index (κ3) is 6.15. The average Bonchev–Trinajstić information content (AvgIpc) is 2.49. The lowest BCUT2D eigenvalue weighted by molar-refractivity contribution is -0.182. The Kier molecular flexibility index (Phi) is 7.06. The first-order valence-corrected chi connectivity index (χ1v) is 6.51. The SMILES string of the molecule is CCN(CC)OC(=O)C=CC(=O)OCc1ccccc1. The van der Waals surface area contributed by atoms with Crippen molar-refractivity contribution in [2.75, 3.05) is 13.1 Å². The normalized spacial score (nSPS) is 10.8. The van der Waals surface area contributed by atoms with E-state index in [1.165, 1.54) is 5.06 Å². The van der Waals surface area contributed by atoms with Crippen LogP contribution in [-0.2, 0) is 25.8 Å². The zero-order chi connectivity index (χ0) is 14.8. The van der Waals surface area contributed by atoms with Crippen molar-refractivity contribution in [2.24, 2.45) is 0 Å². The number of benzene rings is 1. The van der Waals surface area contributed by atoms with E-state index in [1.54, 1.807) is 0 Å². The summed E-state index contributed by atoms with van der Waals surface area (Å²) in [6, 6.07) is 9.31. The van der Waals surface area contributed by atoms with E-state index in [-0.39, 0.29) is 6.61 Å². The van der Waals surface area contributed by atoms with E-state index in [4.69, 9.17) is 9.57 Å². The second-order valence-corrected chi connectivity index (χ2v) is 3.95. The third-order valence-electron chi connectivity index (χ3n) is 2.50. The fourth-order valence-electron chi connectivity index (χ4n) is 1.42. The van der Waals surface area contributed by atoms with Crippen molar-refractivity contribution in [3.63, 3.8) is 0 Å². The van der Waals surface area contributed by atoms with Crippen molar-refractivity contribution in [1.29, 1.82) is 0 Å². The maximum Gasteiger partial charge on any atom is 0.349 e. The lowest BCUT2D eigenvalue weighted by atomic mass is 10.2. The molecule has 108 valence electrons. The Bertz CT molecular complexity index is 452. The topological polar surface area (TPSA) is 55.8 Å². The summed E-state index contributed by atoms with van der Waals surface area (Å²) in [5, 5.41) is 1.49. The Balaban J connectivity index is 2.34. The molecule has 1 aromatic carbocycles. The van der Waals surface area contributed by atoms with Gasteiger partial charge in [0.2, 0.25) is 0 Å². The highest BCUT2D eigenvalue weighted by Gasteiger charge is 2.06. The summed E-state index contributed by atoms with van der Waals surface area (Å²) in [7, 11) is 0. The summed E-state index contributed by atoms with van der Waals surface area (Å²) in [5.41, 5.74) is 0.889. The number of nitrogens with zero attached hydrogens (tertiary/aromatic N) is 1. The third-order valence-corrected chi connectivity index (χ3v) is 2.50. The maximum absolute atomic E-state index is 11.4. The number of hydroxylamine groups is 2. The van der Waals surface area contributed by atoms with Gasteiger partial charge in [-0.25, -0.2) is 9.59 Å². The van der Waals surface area contributed by atoms with Gasteiger partial charge in [0.15, 0.2) is 0 Å². The zero-order valence-electron chi connectivity index (χ0n) is 11.7. The van der Waals surface area contributed by atoms with Gasteiger partial charge in [-0.15, -0.1) is 5.06 Å². The van der Waals surface area contributed by atoms with Crippen LogP contribution in [0.2, 0.25) is 0 Å². The molecule has 0 saturated heterocycles. The first kappa shape index (κ1) is 15.9. The van der Waals surface area contributed by atoms with Gasteiger partial charge in [-0.2, -0.15) is 0 Å². The molecule has 0 amide bonds. The molecule has 5 nitrogen and oxygen atoms in total. The summed E-state index contributed by atoms with van der Waals surface area (Å²) in [4.78, 5) is 27.8. The van der Waals surface area contributed by atoms with E-state index >= 15 is 0 Å². The van der Waals surface area contributed by atoms with Crippen LogP contribution in [0.1, 0.15) is 19.4 Å². The van der Waals surface area contributed by atoms with E-state index in [9.17, 15) is 9.59 Å². The number of esters is 1. The molecule has 0 N–H and O–H groups in total. The lowest BCUT2D eigenvalue weighted by Gasteiger charge is -2.15. The number of rotatable bonds is 7. The van der Waals surface area contributed by atoms with Crippen LogP contribution in [0.4, 0.5) is 0 Å². The summed E-state index contributed by atoms with van der Waals surface area (Å²) < 4.78 is 4.99. The highest BCUT2D eigenvalue weighted by Crippen LogP contribution is 2.01. The Morgan fingerprint density at radius 3 is 2.25 bits per heavy atom. The van der Waals surface area contributed by atoms with Gasteiger partial charge in [0.05, 0.1) is 0 Å². The van der Waals surface area contributed by atoms with Crippen LogP contribution in [0.5, 0.6) is 0 Å². The molecule has 0 aliphatic heterocycles. The van der Waals surface area contributed by atoms with Gasteiger partial charge < -0.3 is 9.57 Å². The summed E-state index contributed by atoms with van der Waals surface area (Å²) in [6.45, 7) is 5.10. The minimum atomic E-state index is -0.592. The van der Waals surface area contributed by atoms with Crippen LogP contribution in [-0.4, -0.2) is 30.1 Å². The Morgan fingerprint density at radius 1 is 1.05 bits per heavy atom. The Hall–Kier alpha value is -2.14. The molecular formula is C15H19NO4. The number of carbonyl (C=O) groups excluding carboxylic acids is 2. The van der Waals surface area contributed by atoms with Gasteiger partial charge in [0.25, 0.3) is 0 Å². The van der Waals surface area contributed by atoms with Crippen molar-refractivity contribution in [3.05, 3.63) is 48.0 Å². The van der Waals surface area contributed by atoms with Crippen molar-refractivity contribution in [2.45, 2.75) is 20.5 Å². The van der Waals surface area contributed by atoms with Crippen LogP contribution in [0.25, 0.3) is 0 Å². The Morgan fingerprint density at radius 2 is 1.65 bits per heavy atom. The first-order chi connectivity index (χ1) is 9.65. The quantitative estimate of drug-likeness (QED) is 0.434. The molecule has 0 fully saturated rings. The molecule has 0 spiro atoms. The molecule has 0 radical (unpaired) electrons. The summed E-state index contributed by atoms with van der Waals surface area (Å²) in [5.74, 6) is -1.17. The molecular weight excluding hydrogens is 258 g/mol. The van der Waals surface area contributed by atoms with E-state index < -0.39 is 11.9 Å². The maximum atomic E-state index is 11.4. The van der Waals surface area contributed by atoms with Gasteiger partial charge in [-0.05, 0) is 19.4 Å². The van der Waals surface area contributed by atoms with E-state index in [1.807, 2.05) is 44.2 Å². The van der Waals surface area contributed by atoms with E-state index in [0.717, 1.165) is 17.7 Å². The van der Waals surface area contributed by atoms with Gasteiger partial charge in [-0.3, -0.25) is 0 Å². The molecule has 20 heavy (non-hydrogen) atoms. The molecule has 0 atom stereocenters. The van der Waals surface area contributed by atoms with Gasteiger partial charge in [0, 0.05) is 25.2 Å². The molecule has 0 aliphatic rings. The first-order valence-electron chi connectivity index (χ1n) is 6.51. The van der Waals surface area contributed by atoms with Crippen LogP contribution in [0.3, 0.4) is 0 Å². The van der Waals surface area contributed by atoms with E-state index in [2.05, 4.69) is 0 Å². The van der Waals surface area contributed by atoms with Crippen LogP contribution >= 0.6 is 0 Å². The van der Waals surface area contributed by atoms with Crippen LogP contribution < -0.4 is 0 Å². The zero-order valence-corrected chi connectivity index (χ0v) is 11.7. The number of carbonyl (C=O) groups is 2. The van der Waals surface area contributed by atoms with Crippen molar-refractivity contribution >= 4 is 11.9 Å². The molecule has 0 heterocycles. The summed E-state index contributed by atoms with van der Waals surface area (Å²) in [6.07, 6.45) is 2.13. The molecule has 0 bridgehead atoms. The predicted molar refractivity (Wildman–Crippen MR) is 74.4 cm³/mol. The fourth-order valence-corrected chi connectivity index (χ4v) is 1.42. The minimum absolute atomic E-state index is 0.176. The summed E-state index contributed by atoms with van der Waals surface area (Å²) >= 11 is 0. The van der Waals surface area contributed by atoms with Gasteiger partial charge in [-0.1, -0.05) is 30.3 Å². The number of ether oxygens (including phenoxy) is 1. The molecule has 1 rings (SSSR count). The van der Waals surface area contributed by atoms with Gasteiger partial charge in [0.1, 0.15) is 6.61 Å². The monoisotopic (exact) mass is 277 g/mol. The highest BCUT2D eigenvalue weighted by atomic mass is 16.7. The average molecular weight is 277 g/mol. The standard InChI is InChI=1S/C15H19NO4/c1-3-16(4-2)20-15(18)11-10-14(17)19-12-13-8-6-5-7-9-13/h5-11H,3-4,12H2,1-2H3. The molecule has 0 saturated carbocycles. The van der Waals surface area contributed by atoms with Crippen molar-refractivity contribution < 1.29 is 19.2 Å². The van der Waals surface area contributed by atoms with Crippen LogP contribution in [0.15, 0.2) is 42.5 Å². The fraction of sp³-hybridized carbons (Fsp3) is 0.333. The molecule has 0 aliphatic carbocycles. The van der Waals surface area contributed by atoms with E-state index in [0.29, 0.717) is 13.1 Å². The molecule has 0 unspecified atom stereocenters. The second kappa shape index (κ2) is 8.87. The van der Waals surface area contributed by atoms with Crippen LogP contribution in [0, 0.1) is 0 Å². The smallest absolute Gasteiger partial charge is 0.349 e. The van der Waals surface area contributed by atoms with Crippen molar-refractivity contribution in [1.82, 2.24) is 5.06 Å². The molecule has 5 heteroatoms. The minimum Gasteiger partial charge on any atom is -0.458 e. The number of hydrogen-bond donors (Lipinski definition) is 0. The van der Waals surface area contributed by atoms with Crippen molar-refractivity contribution in [3.8, 4) is 0 Å². The predicted octanol–water partition coefficient (Wildman–Crippen LogP) is 2.09. The number of hydrogen-bond acceptors (Lipinski definition) is 5. The largest absolute Gasteiger partial charge is 0.458 e. The van der Waals surface area contributed by atoms with Gasteiger partial charge >= 0.3 is 11.9 Å². The molecule has 1 aromatic rings. The second-order valence-electron chi connectivity index (χ2n) is 3.95. The highest BCUT2D eigenvalue weighted by molar-refractivity contribution is 5.91. The Labute approximate surface area is 118 Å². The lowest BCUT2D eigenvalue weighted by Crippen LogP contribution is -2.26. The molecule has 0 aromatic heterocycles.